The highest BCUT2D eigenvalue weighted by Gasteiger charge is 2.57. The number of hydrogen-bond donors (Lipinski definition) is 3. The lowest BCUT2D eigenvalue weighted by atomic mass is 9.75. The number of carbonyl (C=O) groups is 4. The van der Waals surface area contributed by atoms with Crippen molar-refractivity contribution >= 4 is 29.6 Å². The standard InChI is InChI=1S/C56H64F10N8O8/c1-31-18-47(71-25-37-14-15-38(26-71)74(37)39-29-82-30-39)67-24-34(31)13-12-32-8-10-33(11-9-32)19-36(22-45(75)49(68-52(79)81-7)54(4,5)56(64,65)66)46(76)28-72(70-50(78)41(23-48(77)80-6)53(2,3)55(61,62)63)27-40-42(57)20-35(21-43(40)58)44-16-17-73(69-44)51(59)60/h8-11,16-18,20-21,24,36-39,41,46,49,51,76H,14-15,19,22-23,25-30H2,1-7H3,(H,68,79)(H,70,78)/t36-,37?,38?,41-,46+,49-/m1/s1. The Kier molecular flexibility index (Phi) is 19.4. The second-order valence-corrected chi connectivity index (χ2v) is 22.0. The zero-order valence-electron chi connectivity index (χ0n) is 45.9. The van der Waals surface area contributed by atoms with E-state index in [1.807, 2.05) is 18.3 Å². The zero-order valence-corrected chi connectivity index (χ0v) is 45.9. The van der Waals surface area contributed by atoms with Crippen LogP contribution in [0.5, 0.6) is 0 Å². The Morgan fingerprint density at radius 3 is 2.00 bits per heavy atom. The topological polar surface area (TPSA) is 181 Å². The Hall–Kier alpha value is -6.82. The van der Waals surface area contributed by atoms with Gasteiger partial charge < -0.3 is 29.5 Å². The normalized spacial score (nSPS) is 18.5. The molecule has 4 aromatic rings. The number of amides is 2. The number of fused-ring (bicyclic) bond motifs is 2. The molecule has 6 atom stereocenters. The molecule has 2 aromatic heterocycles. The summed E-state index contributed by atoms with van der Waals surface area (Å²) in [6, 6.07) is 9.61. The predicted octanol–water partition coefficient (Wildman–Crippen LogP) is 8.47. The number of nitrogens with zero attached hydrogens (tertiary/aromatic N) is 6. The first kappa shape index (κ1) is 62.8. The van der Waals surface area contributed by atoms with Crippen molar-refractivity contribution in [2.45, 2.75) is 122 Å². The number of ether oxygens (including phenoxy) is 3. The predicted molar refractivity (Wildman–Crippen MR) is 276 cm³/mol. The summed E-state index contributed by atoms with van der Waals surface area (Å²) in [5, 5.41) is 18.3. The van der Waals surface area contributed by atoms with Gasteiger partial charge >= 0.3 is 31.0 Å². The number of aliphatic hydroxyl groups excluding tert-OH is 1. The van der Waals surface area contributed by atoms with E-state index in [0.717, 1.165) is 77.0 Å². The third kappa shape index (κ3) is 14.3. The maximum absolute atomic E-state index is 16.1. The first-order valence-electron chi connectivity index (χ1n) is 26.2. The van der Waals surface area contributed by atoms with Crippen molar-refractivity contribution in [1.82, 2.24) is 35.4 Å². The number of aliphatic hydroxyl groups is 1. The van der Waals surface area contributed by atoms with E-state index < -0.39 is 121 Å². The Bertz CT molecular complexity index is 2980. The SMILES string of the molecule is COC(=O)C[C@H](C(=O)NN(Cc1c(F)cc(-c2ccn(C(F)F)n2)cc1F)C[C@H](O)[C@@H](CC(=O)[C@@H](NC(=O)OC)C(C)(C)C(F)(F)F)Cc1ccc(C#Cc2cnc(N3CC4CCC(C3)N4C3COC3)cc2C)cc1)C(C)(C)C(F)(F)F. The first-order valence-corrected chi connectivity index (χ1v) is 26.2. The van der Waals surface area contributed by atoms with E-state index in [1.54, 1.807) is 30.5 Å². The molecule has 5 heterocycles. The van der Waals surface area contributed by atoms with Gasteiger partial charge in [-0.05, 0) is 93.5 Å². The summed E-state index contributed by atoms with van der Waals surface area (Å²) >= 11 is 0. The van der Waals surface area contributed by atoms with Crippen LogP contribution in [-0.4, -0.2) is 143 Å². The van der Waals surface area contributed by atoms with Gasteiger partial charge in [0.1, 0.15) is 23.5 Å². The number of aromatic nitrogens is 3. The molecule has 2 aromatic carbocycles. The van der Waals surface area contributed by atoms with Gasteiger partial charge in [0.15, 0.2) is 5.78 Å². The van der Waals surface area contributed by atoms with Gasteiger partial charge in [0.25, 0.3) is 0 Å². The second kappa shape index (κ2) is 25.4. The minimum Gasteiger partial charge on any atom is -0.469 e. The third-order valence-electron chi connectivity index (χ3n) is 15.8. The average molecular weight is 1170 g/mol. The number of pyridine rings is 1. The van der Waals surface area contributed by atoms with Crippen LogP contribution < -0.4 is 15.6 Å². The van der Waals surface area contributed by atoms with Crippen molar-refractivity contribution in [3.05, 3.63) is 100 Å². The number of halogens is 10. The van der Waals surface area contributed by atoms with Crippen LogP contribution in [0.25, 0.3) is 11.3 Å². The van der Waals surface area contributed by atoms with Gasteiger partial charge in [-0.2, -0.15) is 40.2 Å². The Morgan fingerprint density at radius 1 is 0.854 bits per heavy atom. The summed E-state index contributed by atoms with van der Waals surface area (Å²) in [4.78, 5) is 62.9. The highest BCUT2D eigenvalue weighted by Crippen LogP contribution is 2.46. The molecule has 0 radical (unpaired) electrons. The lowest BCUT2D eigenvalue weighted by Gasteiger charge is -2.48. The third-order valence-corrected chi connectivity index (χ3v) is 15.8. The summed E-state index contributed by atoms with van der Waals surface area (Å²) in [5.74, 6) is -3.66. The van der Waals surface area contributed by atoms with Crippen LogP contribution in [0.15, 0.2) is 60.9 Å². The molecule has 7 rings (SSSR count). The molecular formula is C56H64F10N8O8. The highest BCUT2D eigenvalue weighted by atomic mass is 19.4. The molecule has 3 N–H and O–H groups in total. The highest BCUT2D eigenvalue weighted by molar-refractivity contribution is 5.88. The van der Waals surface area contributed by atoms with Gasteiger partial charge in [-0.3, -0.25) is 24.7 Å². The molecular weight excluding hydrogens is 1100 g/mol. The van der Waals surface area contributed by atoms with Gasteiger partial charge in [-0.1, -0.05) is 37.8 Å². The molecule has 2 amide bonds. The summed E-state index contributed by atoms with van der Waals surface area (Å²) < 4.78 is 161. The minimum absolute atomic E-state index is 0.211. The van der Waals surface area contributed by atoms with Crippen LogP contribution in [0.4, 0.5) is 54.5 Å². The molecule has 0 aliphatic carbocycles. The van der Waals surface area contributed by atoms with Crippen molar-refractivity contribution in [2.75, 3.05) is 52.0 Å². The molecule has 2 bridgehead atoms. The van der Waals surface area contributed by atoms with Crippen molar-refractivity contribution in [2.24, 2.45) is 22.7 Å². The number of esters is 1. The monoisotopic (exact) mass is 1170 g/mol. The number of alkyl carbamates (subject to hydrolysis) is 1. The van der Waals surface area contributed by atoms with E-state index in [4.69, 9.17) is 9.72 Å². The van der Waals surface area contributed by atoms with E-state index >= 15 is 8.78 Å². The van der Waals surface area contributed by atoms with Crippen molar-refractivity contribution in [1.29, 1.82) is 0 Å². The van der Waals surface area contributed by atoms with Crippen LogP contribution in [0, 0.1) is 53.1 Å². The fourth-order valence-corrected chi connectivity index (χ4v) is 10.4. The number of alkyl halides is 8. The number of benzene rings is 2. The van der Waals surface area contributed by atoms with Crippen LogP contribution >= 0.6 is 0 Å². The molecule has 446 valence electrons. The van der Waals surface area contributed by atoms with E-state index in [-0.39, 0.29) is 22.4 Å². The molecule has 3 aliphatic rings. The van der Waals surface area contributed by atoms with E-state index in [2.05, 4.69) is 41.6 Å². The number of methoxy groups -OCH3 is 2. The molecule has 0 spiro atoms. The quantitative estimate of drug-likeness (QED) is 0.0313. The van der Waals surface area contributed by atoms with Gasteiger partial charge in [-0.25, -0.2) is 28.3 Å². The zero-order chi connectivity index (χ0) is 60.2. The smallest absolute Gasteiger partial charge is 0.407 e. The van der Waals surface area contributed by atoms with E-state index in [1.165, 1.54) is 0 Å². The number of aryl methyl sites for hydroxylation is 1. The molecule has 3 aliphatic heterocycles. The fraction of sp³-hybridized carbons (Fsp3) is 0.536. The van der Waals surface area contributed by atoms with Crippen LogP contribution in [0.2, 0.25) is 0 Å². The van der Waals surface area contributed by atoms with Crippen LogP contribution in [-0.2, 0) is 41.6 Å². The lowest BCUT2D eigenvalue weighted by Crippen LogP contribution is -2.62. The molecule has 3 fully saturated rings. The molecule has 2 unspecified atom stereocenters. The number of anilines is 1. The summed E-state index contributed by atoms with van der Waals surface area (Å²) in [7, 11) is 1.70. The van der Waals surface area contributed by atoms with Gasteiger partial charge in [0.2, 0.25) is 5.91 Å². The number of hydrazine groups is 1. The average Bonchev–Trinajstić information content (AvgIpc) is 3.17. The van der Waals surface area contributed by atoms with Crippen molar-refractivity contribution in [3.63, 3.8) is 0 Å². The summed E-state index contributed by atoms with van der Waals surface area (Å²) in [6.07, 6.45) is -11.5. The minimum atomic E-state index is -5.16. The largest absolute Gasteiger partial charge is 0.469 e. The second-order valence-electron chi connectivity index (χ2n) is 22.0. The number of nitrogens with one attached hydrogen (secondary N) is 2. The maximum atomic E-state index is 16.1. The van der Waals surface area contributed by atoms with E-state index in [9.17, 15) is 59.4 Å². The number of piperazine rings is 1. The first-order chi connectivity index (χ1) is 38.4. The van der Waals surface area contributed by atoms with E-state index in [0.29, 0.717) is 79.7 Å². The number of Topliss-reactive ketones (excluding diaryl/α,β-unsaturated/α-hetero) is 1. The summed E-state index contributed by atoms with van der Waals surface area (Å²) in [5.41, 5.74) is -3.01. The number of rotatable bonds is 21. The molecule has 16 nitrogen and oxygen atoms in total. The number of hydrogen-bond acceptors (Lipinski definition) is 13. The Balaban J connectivity index is 1.19. The van der Waals surface area contributed by atoms with Gasteiger partial charge in [-0.15, -0.1) is 0 Å². The molecule has 26 heteroatoms. The molecule has 82 heavy (non-hydrogen) atoms. The van der Waals surface area contributed by atoms with Crippen molar-refractivity contribution < 1.29 is 82.4 Å². The maximum Gasteiger partial charge on any atom is 0.407 e. The lowest BCUT2D eigenvalue weighted by molar-refractivity contribution is -0.231. The van der Waals surface area contributed by atoms with Gasteiger partial charge in [0, 0.05) is 79.3 Å². The van der Waals surface area contributed by atoms with Crippen molar-refractivity contribution in [3.8, 4) is 23.1 Å². The Labute approximate surface area is 466 Å². The summed E-state index contributed by atoms with van der Waals surface area (Å²) in [6.45, 7) is 2.37. The van der Waals surface area contributed by atoms with Crippen LogP contribution in [0.1, 0.15) is 87.7 Å². The van der Waals surface area contributed by atoms with Gasteiger partial charge in [0.05, 0.1) is 68.4 Å². The number of carbonyl (C=O) groups excluding carboxylic acids is 4. The number of ketones is 1. The van der Waals surface area contributed by atoms with Crippen LogP contribution in [0.3, 0.4) is 0 Å². The molecule has 0 saturated carbocycles. The fourth-order valence-electron chi connectivity index (χ4n) is 10.4. The molecule has 3 saturated heterocycles. The Morgan fingerprint density at radius 2 is 1.48 bits per heavy atom.